The number of hydrogen-bond donors (Lipinski definition) is 2. The highest BCUT2D eigenvalue weighted by molar-refractivity contribution is 7.92. The minimum Gasteiger partial charge on any atom is -0.489 e. The molecular weight excluding hydrogens is 406 g/mol. The van der Waals surface area contributed by atoms with Crippen molar-refractivity contribution in [3.05, 3.63) is 23.3 Å². The molecule has 1 aromatic carbocycles. The van der Waals surface area contributed by atoms with Crippen LogP contribution in [0, 0.1) is 0 Å². The first kappa shape index (κ1) is 22.6. The van der Waals surface area contributed by atoms with E-state index in [4.69, 9.17) is 14.6 Å². The molecule has 0 saturated carbocycles. The lowest BCUT2D eigenvalue weighted by Crippen LogP contribution is -2.34. The fourth-order valence-electron chi connectivity index (χ4n) is 2.55. The second-order valence-corrected chi connectivity index (χ2v) is 8.37. The Morgan fingerprint density at radius 3 is 2.31 bits per heavy atom. The smallest absolute Gasteiger partial charge is 0.323 e. The van der Waals surface area contributed by atoms with Gasteiger partial charge in [0.15, 0.2) is 0 Å². The molecule has 11 nitrogen and oxygen atoms in total. The molecule has 1 aromatic rings. The number of fused-ring (bicyclic) bond motifs is 1. The first-order chi connectivity index (χ1) is 13.5. The van der Waals surface area contributed by atoms with E-state index in [1.165, 1.54) is 12.1 Å². The summed E-state index contributed by atoms with van der Waals surface area (Å²) >= 11 is 0. The molecule has 2 N–H and O–H groups in total. The number of sulfonamides is 1. The van der Waals surface area contributed by atoms with Crippen molar-refractivity contribution < 1.29 is 37.4 Å². The Kier molecular flexibility index (Phi) is 7.16. The lowest BCUT2D eigenvalue weighted by Gasteiger charge is -2.14. The fraction of sp³-hybridized carbons (Fsp3) is 0.471. The minimum atomic E-state index is -3.70. The first-order valence-corrected chi connectivity index (χ1v) is 10.5. The van der Waals surface area contributed by atoms with Gasteiger partial charge in [-0.2, -0.15) is 0 Å². The van der Waals surface area contributed by atoms with E-state index in [1.54, 1.807) is 0 Å². The van der Waals surface area contributed by atoms with Crippen LogP contribution in [-0.4, -0.2) is 94.4 Å². The van der Waals surface area contributed by atoms with Gasteiger partial charge in [-0.15, -0.1) is 0 Å². The SMILES string of the molecule is CN(C)CCOCCOc1cc2c(cc1NS(C)(=O)=O)C(=O)N(CC(=O)O)C2=O. The zero-order valence-corrected chi connectivity index (χ0v) is 17.1. The fourth-order valence-corrected chi connectivity index (χ4v) is 3.11. The number of anilines is 1. The maximum atomic E-state index is 12.4. The van der Waals surface area contributed by atoms with Crippen LogP contribution in [0.5, 0.6) is 5.75 Å². The predicted molar refractivity (Wildman–Crippen MR) is 103 cm³/mol. The molecule has 0 unspecified atom stereocenters. The van der Waals surface area contributed by atoms with Gasteiger partial charge >= 0.3 is 5.97 Å². The molecule has 160 valence electrons. The summed E-state index contributed by atoms with van der Waals surface area (Å²) in [6.45, 7) is 0.700. The average molecular weight is 429 g/mol. The average Bonchev–Trinajstić information content (AvgIpc) is 2.80. The summed E-state index contributed by atoms with van der Waals surface area (Å²) in [6.07, 6.45) is 0.929. The molecule has 29 heavy (non-hydrogen) atoms. The monoisotopic (exact) mass is 429 g/mol. The number of carboxylic acids is 1. The number of ether oxygens (including phenoxy) is 2. The number of rotatable bonds is 11. The van der Waals surface area contributed by atoms with Crippen molar-refractivity contribution in [2.45, 2.75) is 0 Å². The minimum absolute atomic E-state index is 0.0298. The Labute approximate surface area is 168 Å². The van der Waals surface area contributed by atoms with Gasteiger partial charge in [0, 0.05) is 6.54 Å². The molecule has 2 amide bonds. The number of amides is 2. The Morgan fingerprint density at radius 2 is 1.76 bits per heavy atom. The molecule has 2 rings (SSSR count). The molecular formula is C17H23N3O8S. The quantitative estimate of drug-likeness (QED) is 0.358. The van der Waals surface area contributed by atoms with Crippen LogP contribution in [0.25, 0.3) is 0 Å². The van der Waals surface area contributed by atoms with Gasteiger partial charge < -0.3 is 19.5 Å². The highest BCUT2D eigenvalue weighted by atomic mass is 32.2. The molecule has 1 aliphatic heterocycles. The van der Waals surface area contributed by atoms with Crippen LogP contribution >= 0.6 is 0 Å². The van der Waals surface area contributed by atoms with Gasteiger partial charge in [0.1, 0.15) is 18.9 Å². The lowest BCUT2D eigenvalue weighted by molar-refractivity contribution is -0.137. The molecule has 12 heteroatoms. The summed E-state index contributed by atoms with van der Waals surface area (Å²) in [7, 11) is 0.104. The standard InChI is InChI=1S/C17H23N3O8S/c1-19(2)4-5-27-6-7-28-14-9-12-11(8-13(14)18-29(3,25)26)16(23)20(17(12)24)10-15(21)22/h8-9,18H,4-7,10H2,1-3H3,(H,21,22). The van der Waals surface area contributed by atoms with Crippen LogP contribution in [0.2, 0.25) is 0 Å². The summed E-state index contributed by atoms with van der Waals surface area (Å²) in [5, 5.41) is 8.89. The van der Waals surface area contributed by atoms with Crippen LogP contribution in [0.15, 0.2) is 12.1 Å². The molecule has 0 bridgehead atoms. The van der Waals surface area contributed by atoms with Gasteiger partial charge in [0.25, 0.3) is 11.8 Å². The Bertz CT molecular complexity index is 913. The van der Waals surface area contributed by atoms with Crippen molar-refractivity contribution >= 4 is 33.5 Å². The van der Waals surface area contributed by atoms with E-state index in [9.17, 15) is 22.8 Å². The summed E-state index contributed by atoms with van der Waals surface area (Å²) < 4.78 is 36.5. The van der Waals surface area contributed by atoms with E-state index >= 15 is 0 Å². The van der Waals surface area contributed by atoms with Crippen LogP contribution < -0.4 is 9.46 Å². The summed E-state index contributed by atoms with van der Waals surface area (Å²) in [5.74, 6) is -2.92. The molecule has 1 aliphatic rings. The number of aliphatic carboxylic acids is 1. The number of imide groups is 1. The molecule has 0 spiro atoms. The Balaban J connectivity index is 2.22. The van der Waals surface area contributed by atoms with Crippen molar-refractivity contribution in [3.63, 3.8) is 0 Å². The number of hydrogen-bond acceptors (Lipinski definition) is 8. The largest absolute Gasteiger partial charge is 0.489 e. The summed E-state index contributed by atoms with van der Waals surface area (Å²) in [4.78, 5) is 38.2. The molecule has 0 radical (unpaired) electrons. The van der Waals surface area contributed by atoms with Crippen molar-refractivity contribution in [3.8, 4) is 5.75 Å². The molecule has 0 aromatic heterocycles. The van der Waals surface area contributed by atoms with Crippen molar-refractivity contribution in [1.29, 1.82) is 0 Å². The van der Waals surface area contributed by atoms with E-state index in [0.29, 0.717) is 11.5 Å². The third-order valence-corrected chi connectivity index (χ3v) is 4.42. The number of carbonyl (C=O) groups excluding carboxylic acids is 2. The van der Waals surface area contributed by atoms with Gasteiger partial charge in [-0.25, -0.2) is 8.42 Å². The number of nitrogens with one attached hydrogen (secondary N) is 1. The zero-order valence-electron chi connectivity index (χ0n) is 16.3. The van der Waals surface area contributed by atoms with E-state index < -0.39 is 34.4 Å². The van der Waals surface area contributed by atoms with E-state index in [0.717, 1.165) is 12.8 Å². The summed E-state index contributed by atoms with van der Waals surface area (Å²) in [5.41, 5.74) is -0.186. The highest BCUT2D eigenvalue weighted by Crippen LogP contribution is 2.34. The van der Waals surface area contributed by atoms with Crippen LogP contribution in [0.1, 0.15) is 20.7 Å². The normalized spacial score (nSPS) is 13.7. The zero-order chi connectivity index (χ0) is 21.8. The highest BCUT2D eigenvalue weighted by Gasteiger charge is 2.38. The van der Waals surface area contributed by atoms with Crippen molar-refractivity contribution in [2.24, 2.45) is 0 Å². The van der Waals surface area contributed by atoms with Crippen LogP contribution in [0.4, 0.5) is 5.69 Å². The third-order valence-electron chi connectivity index (χ3n) is 3.83. The second-order valence-electron chi connectivity index (χ2n) is 6.62. The van der Waals surface area contributed by atoms with Crippen molar-refractivity contribution in [2.75, 3.05) is 58.0 Å². The number of benzene rings is 1. The van der Waals surface area contributed by atoms with E-state index in [2.05, 4.69) is 4.72 Å². The molecule has 0 fully saturated rings. The maximum absolute atomic E-state index is 12.4. The Hall–Kier alpha value is -2.70. The van der Waals surface area contributed by atoms with Gasteiger partial charge in [0.05, 0.1) is 36.3 Å². The van der Waals surface area contributed by atoms with Crippen molar-refractivity contribution in [1.82, 2.24) is 9.80 Å². The number of carboxylic acid groups (broad SMARTS) is 1. The van der Waals surface area contributed by atoms with Crippen LogP contribution in [0.3, 0.4) is 0 Å². The summed E-state index contributed by atoms with van der Waals surface area (Å²) in [6, 6.07) is 2.39. The van der Waals surface area contributed by atoms with Gasteiger partial charge in [-0.3, -0.25) is 24.0 Å². The van der Waals surface area contributed by atoms with E-state index in [1.807, 2.05) is 19.0 Å². The molecule has 0 saturated heterocycles. The lowest BCUT2D eigenvalue weighted by atomic mass is 10.1. The van der Waals surface area contributed by atoms with E-state index in [-0.39, 0.29) is 35.8 Å². The predicted octanol–water partition coefficient (Wildman–Crippen LogP) is -0.304. The molecule has 1 heterocycles. The van der Waals surface area contributed by atoms with Crippen LogP contribution in [-0.2, 0) is 19.6 Å². The van der Waals surface area contributed by atoms with Gasteiger partial charge in [0.2, 0.25) is 10.0 Å². The van der Waals surface area contributed by atoms with Gasteiger partial charge in [-0.05, 0) is 26.2 Å². The molecule has 0 aliphatic carbocycles. The Morgan fingerprint density at radius 1 is 1.14 bits per heavy atom. The number of nitrogens with zero attached hydrogens (tertiary/aromatic N) is 2. The maximum Gasteiger partial charge on any atom is 0.323 e. The second kappa shape index (κ2) is 9.20. The topological polar surface area (TPSA) is 143 Å². The molecule has 0 atom stereocenters. The third kappa shape index (κ3) is 6.14. The number of likely N-dealkylation sites (N-methyl/N-ethyl adjacent to an activating group) is 1. The number of carbonyl (C=O) groups is 3. The van der Waals surface area contributed by atoms with Gasteiger partial charge in [-0.1, -0.05) is 0 Å². The first-order valence-electron chi connectivity index (χ1n) is 8.58.